The van der Waals surface area contributed by atoms with Gasteiger partial charge in [0, 0.05) is 47.7 Å². The van der Waals surface area contributed by atoms with Crippen LogP contribution in [0.25, 0.3) is 16.6 Å². The van der Waals surface area contributed by atoms with E-state index < -0.39 is 0 Å². The molecule has 9 heteroatoms. The molecule has 2 fully saturated rings. The Morgan fingerprint density at radius 3 is 2.65 bits per heavy atom. The summed E-state index contributed by atoms with van der Waals surface area (Å²) in [5, 5.41) is 8.10. The molecule has 1 N–H and O–H groups in total. The lowest BCUT2D eigenvalue weighted by atomic mass is 9.89. The summed E-state index contributed by atoms with van der Waals surface area (Å²) < 4.78 is 7.46. The van der Waals surface area contributed by atoms with Crippen LogP contribution in [0.2, 0.25) is 5.02 Å². The second-order valence-corrected chi connectivity index (χ2v) is 10.6. The lowest BCUT2D eigenvalue weighted by Gasteiger charge is -2.40. The molecular weight excluding hydrogens is 488 g/mol. The first kappa shape index (κ1) is 23.7. The largest absolute Gasteiger partial charge is 0.495 e. The summed E-state index contributed by atoms with van der Waals surface area (Å²) in [7, 11) is 1.68. The third-order valence-electron chi connectivity index (χ3n) is 7.51. The van der Waals surface area contributed by atoms with Gasteiger partial charge in [-0.3, -0.25) is 4.79 Å². The molecule has 1 amide bonds. The van der Waals surface area contributed by atoms with Crippen LogP contribution in [0.1, 0.15) is 54.6 Å². The van der Waals surface area contributed by atoms with Crippen molar-refractivity contribution in [2.45, 2.75) is 44.1 Å². The molecule has 37 heavy (non-hydrogen) atoms. The molecule has 4 aromatic rings. The SMILES string of the molecule is COc1cc(-c2ccc(N3CCC(C)(NC(=O)c4ncccc4Cl)CC3)nc2)c2c(C3CC3)cnn2c1. The van der Waals surface area contributed by atoms with E-state index in [-0.39, 0.29) is 17.1 Å². The van der Waals surface area contributed by atoms with Crippen LogP contribution >= 0.6 is 11.6 Å². The number of nitrogens with one attached hydrogen (secondary N) is 1. The van der Waals surface area contributed by atoms with E-state index in [0.29, 0.717) is 10.9 Å². The summed E-state index contributed by atoms with van der Waals surface area (Å²) in [6.07, 6.45) is 11.5. The fourth-order valence-corrected chi connectivity index (χ4v) is 5.33. The highest BCUT2D eigenvalue weighted by molar-refractivity contribution is 6.33. The van der Waals surface area contributed by atoms with E-state index in [2.05, 4.69) is 45.4 Å². The first-order valence-electron chi connectivity index (χ1n) is 12.6. The van der Waals surface area contributed by atoms with Crippen molar-refractivity contribution in [1.29, 1.82) is 0 Å². The maximum Gasteiger partial charge on any atom is 0.271 e. The first-order chi connectivity index (χ1) is 17.9. The second kappa shape index (κ2) is 9.34. The van der Waals surface area contributed by atoms with E-state index in [4.69, 9.17) is 21.3 Å². The summed E-state index contributed by atoms with van der Waals surface area (Å²) in [5.74, 6) is 2.05. The number of amides is 1. The Balaban J connectivity index is 1.18. The van der Waals surface area contributed by atoms with E-state index >= 15 is 0 Å². The van der Waals surface area contributed by atoms with Crippen LogP contribution in [-0.2, 0) is 0 Å². The van der Waals surface area contributed by atoms with Gasteiger partial charge in [0.1, 0.15) is 17.3 Å². The molecule has 190 valence electrons. The Bertz CT molecular complexity index is 1460. The number of hydrogen-bond acceptors (Lipinski definition) is 6. The Hall–Kier alpha value is -3.65. The molecule has 5 heterocycles. The average molecular weight is 517 g/mol. The summed E-state index contributed by atoms with van der Waals surface area (Å²) in [6.45, 7) is 3.65. The van der Waals surface area contributed by atoms with E-state index in [9.17, 15) is 4.79 Å². The molecule has 6 rings (SSSR count). The van der Waals surface area contributed by atoms with Crippen LogP contribution in [0.5, 0.6) is 5.75 Å². The number of halogens is 1. The standard InChI is InChI=1S/C28H29ClN6O2/c1-28(33-27(36)25-23(29)4-3-11-30-25)9-12-34(13-10-28)24-8-7-19(15-31-24)21-14-20(37-2)17-35-26(21)22(16-32-35)18-5-6-18/h3-4,7-8,11,14-18H,5-6,9-10,12-13H2,1-2H3,(H,33,36). The van der Waals surface area contributed by atoms with Gasteiger partial charge in [-0.15, -0.1) is 0 Å². The summed E-state index contributed by atoms with van der Waals surface area (Å²) in [6, 6.07) is 9.67. The van der Waals surface area contributed by atoms with Crippen LogP contribution in [0.15, 0.2) is 55.1 Å². The molecule has 0 atom stereocenters. The lowest BCUT2D eigenvalue weighted by molar-refractivity contribution is 0.0886. The van der Waals surface area contributed by atoms with Crippen molar-refractivity contribution in [3.05, 3.63) is 71.4 Å². The number of nitrogens with zero attached hydrogens (tertiary/aromatic N) is 5. The fraction of sp³-hybridized carbons (Fsp3) is 0.357. The highest BCUT2D eigenvalue weighted by Crippen LogP contribution is 2.44. The van der Waals surface area contributed by atoms with Crippen LogP contribution < -0.4 is 15.0 Å². The molecule has 8 nitrogen and oxygen atoms in total. The van der Waals surface area contributed by atoms with Crippen LogP contribution in [0, 0.1) is 0 Å². The van der Waals surface area contributed by atoms with Gasteiger partial charge in [0.2, 0.25) is 0 Å². The monoisotopic (exact) mass is 516 g/mol. The lowest BCUT2D eigenvalue weighted by Crippen LogP contribution is -2.53. The molecule has 1 aliphatic heterocycles. The predicted molar refractivity (Wildman–Crippen MR) is 144 cm³/mol. The van der Waals surface area contributed by atoms with Gasteiger partial charge in [0.05, 0.1) is 30.0 Å². The van der Waals surface area contributed by atoms with Gasteiger partial charge in [-0.2, -0.15) is 5.10 Å². The van der Waals surface area contributed by atoms with Gasteiger partial charge in [-0.05, 0) is 68.9 Å². The number of fused-ring (bicyclic) bond motifs is 1. The zero-order valence-electron chi connectivity index (χ0n) is 20.9. The number of carbonyl (C=O) groups excluding carboxylic acids is 1. The number of pyridine rings is 3. The minimum absolute atomic E-state index is 0.237. The Morgan fingerprint density at radius 2 is 1.97 bits per heavy atom. The number of methoxy groups -OCH3 is 1. The number of carbonyl (C=O) groups is 1. The zero-order valence-corrected chi connectivity index (χ0v) is 21.7. The summed E-state index contributed by atoms with van der Waals surface area (Å²) in [5.41, 5.74) is 4.49. The molecule has 1 saturated heterocycles. The van der Waals surface area contributed by atoms with Gasteiger partial charge in [0.15, 0.2) is 0 Å². The molecule has 1 aliphatic carbocycles. The van der Waals surface area contributed by atoms with Crippen molar-refractivity contribution >= 4 is 28.8 Å². The van der Waals surface area contributed by atoms with Crippen molar-refractivity contribution < 1.29 is 9.53 Å². The van der Waals surface area contributed by atoms with E-state index in [1.165, 1.54) is 18.4 Å². The van der Waals surface area contributed by atoms with Gasteiger partial charge >= 0.3 is 0 Å². The summed E-state index contributed by atoms with van der Waals surface area (Å²) in [4.78, 5) is 24.0. The maximum atomic E-state index is 12.8. The highest BCUT2D eigenvalue weighted by atomic mass is 35.5. The number of aromatic nitrogens is 4. The smallest absolute Gasteiger partial charge is 0.271 e. The van der Waals surface area contributed by atoms with E-state index in [1.54, 1.807) is 25.4 Å². The molecule has 0 spiro atoms. The van der Waals surface area contributed by atoms with Crippen LogP contribution in [-0.4, -0.2) is 51.2 Å². The predicted octanol–water partition coefficient (Wildman–Crippen LogP) is 5.12. The number of piperidine rings is 1. The molecule has 0 bridgehead atoms. The van der Waals surface area contributed by atoms with Crippen LogP contribution in [0.3, 0.4) is 0 Å². The molecule has 0 radical (unpaired) electrons. The first-order valence-corrected chi connectivity index (χ1v) is 13.0. The van der Waals surface area contributed by atoms with Crippen molar-refractivity contribution in [3.8, 4) is 16.9 Å². The minimum Gasteiger partial charge on any atom is -0.495 e. The number of ether oxygens (including phenoxy) is 1. The third kappa shape index (κ3) is 4.62. The molecule has 2 aliphatic rings. The molecule has 1 saturated carbocycles. The second-order valence-electron chi connectivity index (χ2n) is 10.2. The van der Waals surface area contributed by atoms with Gasteiger partial charge < -0.3 is 15.0 Å². The van der Waals surface area contributed by atoms with Crippen molar-refractivity contribution in [1.82, 2.24) is 24.9 Å². The normalized spacial score (nSPS) is 17.1. The molecule has 4 aromatic heterocycles. The van der Waals surface area contributed by atoms with Crippen LogP contribution in [0.4, 0.5) is 5.82 Å². The van der Waals surface area contributed by atoms with Crippen molar-refractivity contribution in [2.24, 2.45) is 0 Å². The third-order valence-corrected chi connectivity index (χ3v) is 7.81. The van der Waals surface area contributed by atoms with Crippen molar-refractivity contribution in [3.63, 3.8) is 0 Å². The summed E-state index contributed by atoms with van der Waals surface area (Å²) >= 11 is 6.16. The number of hydrogen-bond donors (Lipinski definition) is 1. The number of rotatable bonds is 6. The molecular formula is C28H29ClN6O2. The van der Waals surface area contributed by atoms with Crippen molar-refractivity contribution in [2.75, 3.05) is 25.1 Å². The topological polar surface area (TPSA) is 84.6 Å². The van der Waals surface area contributed by atoms with Gasteiger partial charge in [0.25, 0.3) is 5.91 Å². The maximum absolute atomic E-state index is 12.8. The Morgan fingerprint density at radius 1 is 1.16 bits per heavy atom. The molecule has 0 aromatic carbocycles. The number of anilines is 1. The van der Waals surface area contributed by atoms with Gasteiger partial charge in [-0.1, -0.05) is 11.6 Å². The molecule has 0 unspecified atom stereocenters. The highest BCUT2D eigenvalue weighted by Gasteiger charge is 2.33. The van der Waals surface area contributed by atoms with Gasteiger partial charge in [-0.25, -0.2) is 14.5 Å². The Kier molecular flexibility index (Phi) is 5.99. The Labute approximate surface area is 220 Å². The average Bonchev–Trinajstić information content (AvgIpc) is 3.67. The minimum atomic E-state index is -0.332. The fourth-order valence-electron chi connectivity index (χ4n) is 5.12. The van der Waals surface area contributed by atoms with E-state index in [1.807, 2.05) is 23.1 Å². The quantitative estimate of drug-likeness (QED) is 0.383. The zero-order chi connectivity index (χ0) is 25.6. The van der Waals surface area contributed by atoms with E-state index in [0.717, 1.165) is 54.1 Å².